The molecule has 2 rings (SSSR count). The Morgan fingerprint density at radius 3 is 2.76 bits per heavy atom. The number of rotatable bonds is 2. The number of carboxylic acid groups (broad SMARTS) is 1. The van der Waals surface area contributed by atoms with Crippen LogP contribution in [0.1, 0.15) is 6.42 Å². The highest BCUT2D eigenvalue weighted by atomic mass is 127. The SMILES string of the molecule is O=C(O)C1CC(=O)N(c2ccc(I)cc2F)C1. The standard InChI is InChI=1S/C11H9FINO3/c12-8-4-7(13)1-2-9(8)14-5-6(11(16)17)3-10(14)15/h1-2,4,6H,3,5H2,(H,16,17). The summed E-state index contributed by atoms with van der Waals surface area (Å²) in [5.74, 6) is -2.62. The minimum Gasteiger partial charge on any atom is -0.481 e. The number of halogens is 2. The number of carboxylic acids is 1. The van der Waals surface area contributed by atoms with E-state index in [1.54, 1.807) is 6.07 Å². The first-order valence-electron chi connectivity index (χ1n) is 4.97. The lowest BCUT2D eigenvalue weighted by atomic mass is 10.1. The normalized spacial score (nSPS) is 19.8. The Kier molecular flexibility index (Phi) is 3.32. The van der Waals surface area contributed by atoms with Crippen LogP contribution in [0.25, 0.3) is 0 Å². The summed E-state index contributed by atoms with van der Waals surface area (Å²) in [6.07, 6.45) is -0.0687. The van der Waals surface area contributed by atoms with Crippen molar-refractivity contribution in [1.29, 1.82) is 0 Å². The van der Waals surface area contributed by atoms with Crippen LogP contribution in [0.15, 0.2) is 18.2 Å². The maximum absolute atomic E-state index is 13.7. The summed E-state index contributed by atoms with van der Waals surface area (Å²) in [5, 5.41) is 8.84. The Morgan fingerprint density at radius 1 is 1.53 bits per heavy atom. The van der Waals surface area contributed by atoms with Gasteiger partial charge in [-0.2, -0.15) is 0 Å². The average Bonchev–Trinajstić information content (AvgIpc) is 2.61. The minimum atomic E-state index is -1.02. The molecule has 1 atom stereocenters. The topological polar surface area (TPSA) is 57.6 Å². The fraction of sp³-hybridized carbons (Fsp3) is 0.273. The molecule has 0 radical (unpaired) electrons. The number of aliphatic carboxylic acids is 1. The summed E-state index contributed by atoms with van der Waals surface area (Å²) in [4.78, 5) is 23.6. The lowest BCUT2D eigenvalue weighted by Gasteiger charge is -2.16. The maximum Gasteiger partial charge on any atom is 0.308 e. The fourth-order valence-corrected chi connectivity index (χ4v) is 2.26. The van der Waals surface area contributed by atoms with Gasteiger partial charge in [0.15, 0.2) is 0 Å². The average molecular weight is 349 g/mol. The van der Waals surface area contributed by atoms with Crippen molar-refractivity contribution in [3.8, 4) is 0 Å². The number of amides is 1. The predicted molar refractivity (Wildman–Crippen MR) is 67.2 cm³/mol. The highest BCUT2D eigenvalue weighted by molar-refractivity contribution is 14.1. The van der Waals surface area contributed by atoms with Gasteiger partial charge in [-0.1, -0.05) is 0 Å². The van der Waals surface area contributed by atoms with Crippen LogP contribution in [0.2, 0.25) is 0 Å². The zero-order chi connectivity index (χ0) is 12.6. The van der Waals surface area contributed by atoms with E-state index < -0.39 is 17.7 Å². The van der Waals surface area contributed by atoms with E-state index >= 15 is 0 Å². The van der Waals surface area contributed by atoms with Gasteiger partial charge in [0.2, 0.25) is 5.91 Å². The van der Waals surface area contributed by atoms with E-state index in [1.807, 2.05) is 22.6 Å². The third-order valence-electron chi connectivity index (χ3n) is 2.67. The number of hydrogen-bond acceptors (Lipinski definition) is 2. The van der Waals surface area contributed by atoms with Crippen LogP contribution in [-0.4, -0.2) is 23.5 Å². The smallest absolute Gasteiger partial charge is 0.308 e. The van der Waals surface area contributed by atoms with Gasteiger partial charge in [-0.15, -0.1) is 0 Å². The van der Waals surface area contributed by atoms with Gasteiger partial charge in [0.25, 0.3) is 0 Å². The van der Waals surface area contributed by atoms with Crippen molar-refractivity contribution < 1.29 is 19.1 Å². The molecule has 0 aliphatic carbocycles. The van der Waals surface area contributed by atoms with Crippen molar-refractivity contribution in [3.63, 3.8) is 0 Å². The summed E-state index contributed by atoms with van der Waals surface area (Å²) in [7, 11) is 0. The predicted octanol–water partition coefficient (Wildman–Crippen LogP) is 1.87. The maximum atomic E-state index is 13.7. The molecule has 1 amide bonds. The lowest BCUT2D eigenvalue weighted by molar-refractivity contribution is -0.141. The molecular formula is C11H9FINO3. The van der Waals surface area contributed by atoms with E-state index in [4.69, 9.17) is 5.11 Å². The number of hydrogen-bond donors (Lipinski definition) is 1. The highest BCUT2D eigenvalue weighted by Gasteiger charge is 2.36. The van der Waals surface area contributed by atoms with Gasteiger partial charge in [-0.3, -0.25) is 9.59 Å². The number of benzene rings is 1. The Balaban J connectivity index is 2.29. The van der Waals surface area contributed by atoms with Crippen molar-refractivity contribution in [3.05, 3.63) is 27.6 Å². The Bertz CT molecular complexity index is 492. The first-order chi connectivity index (χ1) is 7.99. The van der Waals surface area contributed by atoms with E-state index in [9.17, 15) is 14.0 Å². The molecule has 0 aromatic heterocycles. The molecule has 1 heterocycles. The second-order valence-corrected chi connectivity index (χ2v) is 5.08. The van der Waals surface area contributed by atoms with E-state index in [2.05, 4.69) is 0 Å². The van der Waals surface area contributed by atoms with Crippen molar-refractivity contribution in [2.24, 2.45) is 5.92 Å². The monoisotopic (exact) mass is 349 g/mol. The van der Waals surface area contributed by atoms with E-state index in [0.717, 1.165) is 3.57 Å². The summed E-state index contributed by atoms with van der Waals surface area (Å²) < 4.78 is 14.4. The molecule has 4 nitrogen and oxygen atoms in total. The minimum absolute atomic E-state index is 0.0334. The zero-order valence-corrected chi connectivity index (χ0v) is 10.8. The van der Waals surface area contributed by atoms with Gasteiger partial charge >= 0.3 is 5.97 Å². The summed E-state index contributed by atoms with van der Waals surface area (Å²) >= 11 is 1.97. The molecule has 1 unspecified atom stereocenters. The molecule has 1 aromatic rings. The molecular weight excluding hydrogens is 340 g/mol. The molecule has 1 aliphatic rings. The van der Waals surface area contributed by atoms with Gasteiger partial charge in [0.1, 0.15) is 5.82 Å². The molecule has 1 fully saturated rings. The van der Waals surface area contributed by atoms with Gasteiger partial charge in [0, 0.05) is 16.5 Å². The molecule has 1 N–H and O–H groups in total. The van der Waals surface area contributed by atoms with Gasteiger partial charge in [-0.25, -0.2) is 4.39 Å². The summed E-state index contributed by atoms with van der Waals surface area (Å²) in [6.45, 7) is 0.0334. The Hall–Kier alpha value is -1.18. The molecule has 1 aromatic carbocycles. The van der Waals surface area contributed by atoms with Crippen LogP contribution in [0, 0.1) is 15.3 Å². The van der Waals surface area contributed by atoms with Crippen LogP contribution in [0.4, 0.5) is 10.1 Å². The molecule has 0 spiro atoms. The second kappa shape index (κ2) is 4.59. The first kappa shape index (κ1) is 12.3. The quantitative estimate of drug-likeness (QED) is 0.830. The number of carbonyl (C=O) groups is 2. The summed E-state index contributed by atoms with van der Waals surface area (Å²) in [5.41, 5.74) is 0.152. The summed E-state index contributed by atoms with van der Waals surface area (Å²) in [6, 6.07) is 4.50. The third-order valence-corrected chi connectivity index (χ3v) is 3.35. The highest BCUT2D eigenvalue weighted by Crippen LogP contribution is 2.28. The number of nitrogens with zero attached hydrogens (tertiary/aromatic N) is 1. The zero-order valence-electron chi connectivity index (χ0n) is 8.69. The van der Waals surface area contributed by atoms with Crippen LogP contribution in [-0.2, 0) is 9.59 Å². The molecule has 0 saturated carbocycles. The molecule has 1 saturated heterocycles. The molecule has 90 valence electrons. The molecule has 0 bridgehead atoms. The van der Waals surface area contributed by atoms with E-state index in [-0.39, 0.29) is 24.6 Å². The first-order valence-corrected chi connectivity index (χ1v) is 6.05. The van der Waals surface area contributed by atoms with Crippen molar-refractivity contribution in [2.45, 2.75) is 6.42 Å². The van der Waals surface area contributed by atoms with Gasteiger partial charge in [-0.05, 0) is 40.8 Å². The van der Waals surface area contributed by atoms with Gasteiger partial charge in [0.05, 0.1) is 11.6 Å². The van der Waals surface area contributed by atoms with Crippen molar-refractivity contribution >= 4 is 40.2 Å². The molecule has 1 aliphatic heterocycles. The van der Waals surface area contributed by atoms with Gasteiger partial charge < -0.3 is 10.0 Å². The number of anilines is 1. The lowest BCUT2D eigenvalue weighted by Crippen LogP contribution is -2.26. The van der Waals surface area contributed by atoms with Crippen LogP contribution in [0.5, 0.6) is 0 Å². The Labute approximate surface area is 111 Å². The molecule has 6 heteroatoms. The van der Waals surface area contributed by atoms with Crippen LogP contribution in [0.3, 0.4) is 0 Å². The van der Waals surface area contributed by atoms with E-state index in [1.165, 1.54) is 17.0 Å². The van der Waals surface area contributed by atoms with Crippen LogP contribution >= 0.6 is 22.6 Å². The fourth-order valence-electron chi connectivity index (χ4n) is 1.81. The molecule has 17 heavy (non-hydrogen) atoms. The number of carbonyl (C=O) groups excluding carboxylic acids is 1. The van der Waals surface area contributed by atoms with E-state index in [0.29, 0.717) is 0 Å². The van der Waals surface area contributed by atoms with Crippen molar-refractivity contribution in [2.75, 3.05) is 11.4 Å². The largest absolute Gasteiger partial charge is 0.481 e. The second-order valence-electron chi connectivity index (χ2n) is 3.84. The van der Waals surface area contributed by atoms with Crippen molar-refractivity contribution in [1.82, 2.24) is 0 Å². The third kappa shape index (κ3) is 2.41. The Morgan fingerprint density at radius 2 is 2.24 bits per heavy atom. The van der Waals surface area contributed by atoms with Crippen LogP contribution < -0.4 is 4.90 Å².